The van der Waals surface area contributed by atoms with Crippen LogP contribution in [0.4, 0.5) is 0 Å². The number of quaternary nitrogens is 2. The van der Waals surface area contributed by atoms with Crippen molar-refractivity contribution in [3.8, 4) is 5.75 Å². The maximum atomic E-state index is 5.79. The minimum Gasteiger partial charge on any atom is -0.493 e. The lowest BCUT2D eigenvalue weighted by Gasteiger charge is -2.37. The topological polar surface area (TPSA) is 18.1 Å². The molecule has 1 aromatic rings. The monoisotopic (exact) mass is 318 g/mol. The van der Waals surface area contributed by atoms with Crippen LogP contribution in [0.25, 0.3) is 0 Å². The summed E-state index contributed by atoms with van der Waals surface area (Å²) >= 11 is 0. The second-order valence-corrected chi connectivity index (χ2v) is 7.58. The Kier molecular flexibility index (Phi) is 5.96. The summed E-state index contributed by atoms with van der Waals surface area (Å²) in [4.78, 5) is 3.63. The SMILES string of the molecule is CCOc1ccccc1C[NH+]1CCC([NH+]2CCC(C)CC2)CC1. The van der Waals surface area contributed by atoms with E-state index >= 15 is 0 Å². The fraction of sp³-hybridized carbons (Fsp3) is 0.700. The van der Waals surface area contributed by atoms with Crippen LogP contribution in [-0.4, -0.2) is 38.8 Å². The fourth-order valence-corrected chi connectivity index (χ4v) is 4.37. The maximum Gasteiger partial charge on any atom is 0.128 e. The van der Waals surface area contributed by atoms with E-state index in [2.05, 4.69) is 38.1 Å². The van der Waals surface area contributed by atoms with E-state index in [0.29, 0.717) is 0 Å². The van der Waals surface area contributed by atoms with Crippen LogP contribution in [0, 0.1) is 5.92 Å². The molecule has 128 valence electrons. The Morgan fingerprint density at radius 1 is 1.00 bits per heavy atom. The van der Waals surface area contributed by atoms with Crippen molar-refractivity contribution < 1.29 is 14.5 Å². The van der Waals surface area contributed by atoms with E-state index in [0.717, 1.165) is 30.9 Å². The quantitative estimate of drug-likeness (QED) is 0.827. The van der Waals surface area contributed by atoms with Crippen molar-refractivity contribution in [1.82, 2.24) is 0 Å². The van der Waals surface area contributed by atoms with Gasteiger partial charge in [0.2, 0.25) is 0 Å². The van der Waals surface area contributed by atoms with Gasteiger partial charge in [0.25, 0.3) is 0 Å². The molecule has 0 radical (unpaired) electrons. The molecule has 2 saturated heterocycles. The van der Waals surface area contributed by atoms with Crippen LogP contribution >= 0.6 is 0 Å². The van der Waals surface area contributed by atoms with Crippen molar-refractivity contribution in [2.75, 3.05) is 32.8 Å². The minimum absolute atomic E-state index is 0.755. The van der Waals surface area contributed by atoms with Gasteiger partial charge in [-0.25, -0.2) is 0 Å². The molecule has 3 nitrogen and oxygen atoms in total. The van der Waals surface area contributed by atoms with Crippen molar-refractivity contribution in [1.29, 1.82) is 0 Å². The molecule has 2 aliphatic rings. The van der Waals surface area contributed by atoms with E-state index < -0.39 is 0 Å². The molecular weight excluding hydrogens is 284 g/mol. The summed E-state index contributed by atoms with van der Waals surface area (Å²) in [5.41, 5.74) is 1.38. The zero-order chi connectivity index (χ0) is 16.1. The summed E-state index contributed by atoms with van der Waals surface area (Å²) in [5, 5.41) is 0. The van der Waals surface area contributed by atoms with Crippen molar-refractivity contribution in [2.24, 2.45) is 5.92 Å². The van der Waals surface area contributed by atoms with Crippen LogP contribution in [0.5, 0.6) is 5.75 Å². The first-order valence-corrected chi connectivity index (χ1v) is 9.65. The number of piperidine rings is 2. The first-order chi connectivity index (χ1) is 11.3. The molecular formula is C20H34N2O+2. The van der Waals surface area contributed by atoms with E-state index in [1.54, 1.807) is 4.90 Å². The number of likely N-dealkylation sites (tertiary alicyclic amines) is 2. The minimum atomic E-state index is 0.755. The van der Waals surface area contributed by atoms with Crippen molar-refractivity contribution in [3.63, 3.8) is 0 Å². The van der Waals surface area contributed by atoms with E-state index in [4.69, 9.17) is 4.74 Å². The van der Waals surface area contributed by atoms with E-state index in [1.165, 1.54) is 57.4 Å². The molecule has 0 spiro atoms. The third kappa shape index (κ3) is 4.48. The van der Waals surface area contributed by atoms with Gasteiger partial charge >= 0.3 is 0 Å². The second kappa shape index (κ2) is 8.16. The highest BCUT2D eigenvalue weighted by molar-refractivity contribution is 5.32. The lowest BCUT2D eigenvalue weighted by molar-refractivity contribution is -0.966. The van der Waals surface area contributed by atoms with Crippen LogP contribution in [0.1, 0.15) is 45.1 Å². The number of nitrogens with one attached hydrogen (secondary N) is 2. The van der Waals surface area contributed by atoms with E-state index in [-0.39, 0.29) is 0 Å². The standard InChI is InChI=1S/C20H32N2O/c1-3-23-20-7-5-4-6-18(20)16-21-12-10-19(11-13-21)22-14-8-17(2)9-15-22/h4-7,17,19H,3,8-16H2,1-2H3/p+2. The van der Waals surface area contributed by atoms with E-state index in [9.17, 15) is 0 Å². The maximum absolute atomic E-state index is 5.79. The number of para-hydroxylation sites is 1. The molecule has 0 amide bonds. The first-order valence-electron chi connectivity index (χ1n) is 9.65. The fourth-order valence-electron chi connectivity index (χ4n) is 4.37. The summed E-state index contributed by atoms with van der Waals surface area (Å²) in [6, 6.07) is 9.50. The highest BCUT2D eigenvalue weighted by Gasteiger charge is 2.32. The molecule has 2 heterocycles. The molecule has 23 heavy (non-hydrogen) atoms. The van der Waals surface area contributed by atoms with Gasteiger partial charge in [0.15, 0.2) is 0 Å². The Bertz CT molecular complexity index is 474. The third-order valence-corrected chi connectivity index (χ3v) is 5.90. The van der Waals surface area contributed by atoms with Crippen molar-refractivity contribution >= 4 is 0 Å². The van der Waals surface area contributed by atoms with Gasteiger partial charge in [0.1, 0.15) is 12.3 Å². The van der Waals surface area contributed by atoms with Gasteiger partial charge in [-0.3, -0.25) is 0 Å². The number of rotatable bonds is 5. The number of hydrogen-bond acceptors (Lipinski definition) is 1. The molecule has 2 N–H and O–H groups in total. The Morgan fingerprint density at radius 2 is 1.70 bits per heavy atom. The van der Waals surface area contributed by atoms with Crippen molar-refractivity contribution in [2.45, 2.75) is 52.1 Å². The zero-order valence-corrected chi connectivity index (χ0v) is 14.9. The van der Waals surface area contributed by atoms with Gasteiger partial charge in [-0.2, -0.15) is 0 Å². The summed E-state index contributed by atoms with van der Waals surface area (Å²) in [5.74, 6) is 2.04. The molecule has 0 aliphatic carbocycles. The Hall–Kier alpha value is -1.06. The van der Waals surface area contributed by atoms with Gasteiger partial charge in [0, 0.05) is 18.4 Å². The molecule has 2 aliphatic heterocycles. The van der Waals surface area contributed by atoms with Crippen LogP contribution in [0.3, 0.4) is 0 Å². The third-order valence-electron chi connectivity index (χ3n) is 5.90. The molecule has 3 rings (SSSR count). The van der Waals surface area contributed by atoms with Gasteiger partial charge < -0.3 is 14.5 Å². The lowest BCUT2D eigenvalue weighted by Crippen LogP contribution is -3.20. The van der Waals surface area contributed by atoms with Gasteiger partial charge in [-0.15, -0.1) is 0 Å². The summed E-state index contributed by atoms with van der Waals surface area (Å²) in [7, 11) is 0. The highest BCUT2D eigenvalue weighted by Crippen LogP contribution is 2.17. The molecule has 2 fully saturated rings. The summed E-state index contributed by atoms with van der Waals surface area (Å²) in [6.45, 7) is 11.8. The Labute approximate surface area is 141 Å². The van der Waals surface area contributed by atoms with Gasteiger partial charge in [-0.1, -0.05) is 19.1 Å². The van der Waals surface area contributed by atoms with Crippen LogP contribution in [-0.2, 0) is 6.54 Å². The number of hydrogen-bond donors (Lipinski definition) is 2. The second-order valence-electron chi connectivity index (χ2n) is 7.58. The zero-order valence-electron chi connectivity index (χ0n) is 14.9. The summed E-state index contributed by atoms with van der Waals surface area (Å²) in [6.07, 6.45) is 5.67. The predicted octanol–water partition coefficient (Wildman–Crippen LogP) is 0.947. The van der Waals surface area contributed by atoms with Gasteiger partial charge in [0.05, 0.1) is 38.8 Å². The Balaban J connectivity index is 1.49. The molecule has 0 atom stereocenters. The van der Waals surface area contributed by atoms with E-state index in [1.807, 2.05) is 4.90 Å². The molecule has 0 bridgehead atoms. The smallest absolute Gasteiger partial charge is 0.128 e. The highest BCUT2D eigenvalue weighted by atomic mass is 16.5. The molecule has 0 aromatic heterocycles. The van der Waals surface area contributed by atoms with Crippen molar-refractivity contribution in [3.05, 3.63) is 29.8 Å². The average molecular weight is 319 g/mol. The predicted molar refractivity (Wildman–Crippen MR) is 94.1 cm³/mol. The lowest BCUT2D eigenvalue weighted by atomic mass is 9.95. The normalized spacial score (nSPS) is 31.7. The molecule has 0 unspecified atom stereocenters. The summed E-state index contributed by atoms with van der Waals surface area (Å²) < 4.78 is 5.79. The van der Waals surface area contributed by atoms with Crippen LogP contribution in [0.15, 0.2) is 24.3 Å². The number of ether oxygens (including phenoxy) is 1. The molecule has 3 heteroatoms. The largest absolute Gasteiger partial charge is 0.493 e. The van der Waals surface area contributed by atoms with Gasteiger partial charge in [-0.05, 0) is 37.8 Å². The molecule has 0 saturated carbocycles. The van der Waals surface area contributed by atoms with Crippen LogP contribution < -0.4 is 14.5 Å². The molecule has 1 aromatic carbocycles. The average Bonchev–Trinajstić information content (AvgIpc) is 2.58. The Morgan fingerprint density at radius 3 is 2.39 bits per heavy atom. The number of benzene rings is 1. The van der Waals surface area contributed by atoms with Crippen LogP contribution in [0.2, 0.25) is 0 Å². The first kappa shape index (κ1) is 16.8.